The average molecular weight is 578 g/mol. The molecule has 2 aromatic rings. The van der Waals surface area contributed by atoms with E-state index in [0.717, 1.165) is 44.1 Å². The summed E-state index contributed by atoms with van der Waals surface area (Å²) in [5, 5.41) is 5.90. The van der Waals surface area contributed by atoms with Gasteiger partial charge in [0.05, 0.1) is 43.2 Å². The van der Waals surface area contributed by atoms with Gasteiger partial charge < -0.3 is 29.9 Å². The summed E-state index contributed by atoms with van der Waals surface area (Å²) in [6.45, 7) is 5.55. The second kappa shape index (κ2) is 12.4. The fourth-order valence-electron chi connectivity index (χ4n) is 4.87. The van der Waals surface area contributed by atoms with E-state index in [1.807, 2.05) is 6.07 Å². The van der Waals surface area contributed by atoms with E-state index in [2.05, 4.69) is 51.1 Å². The van der Waals surface area contributed by atoms with Crippen molar-refractivity contribution < 1.29 is 27.1 Å². The summed E-state index contributed by atoms with van der Waals surface area (Å²) in [6, 6.07) is 4.02. The number of methoxy groups -OCH3 is 1. The number of piperidine rings is 1. The zero-order chi connectivity index (χ0) is 29.0. The van der Waals surface area contributed by atoms with Crippen molar-refractivity contribution in [1.82, 2.24) is 19.2 Å². The van der Waals surface area contributed by atoms with E-state index in [-0.39, 0.29) is 30.8 Å². The number of ether oxygens (including phenoxy) is 2. The predicted molar refractivity (Wildman–Crippen MR) is 151 cm³/mol. The van der Waals surface area contributed by atoms with Crippen molar-refractivity contribution in [2.24, 2.45) is 0 Å². The molecule has 1 aromatic carbocycles. The van der Waals surface area contributed by atoms with E-state index in [1.54, 1.807) is 6.07 Å². The van der Waals surface area contributed by atoms with Gasteiger partial charge in [-0.2, -0.15) is 13.7 Å². The predicted octanol–water partition coefficient (Wildman–Crippen LogP) is 2.44. The van der Waals surface area contributed by atoms with Crippen molar-refractivity contribution in [2.45, 2.75) is 31.4 Å². The molecule has 14 heteroatoms. The lowest BCUT2D eigenvalue weighted by Crippen LogP contribution is -2.42. The Bertz CT molecular complexity index is 1350. The van der Waals surface area contributed by atoms with Crippen LogP contribution in [0, 0.1) is 5.82 Å². The smallest absolute Gasteiger partial charge is 0.255 e. The maximum atomic E-state index is 14.5. The molecule has 2 aliphatic rings. The number of nitrogens with one attached hydrogen (secondary N) is 2. The maximum Gasteiger partial charge on any atom is 0.255 e. The Morgan fingerprint density at radius 2 is 1.93 bits per heavy atom. The maximum absolute atomic E-state index is 14.5. The monoisotopic (exact) mass is 577 g/mol. The molecular weight excluding hydrogens is 541 g/mol. The molecule has 0 aliphatic carbocycles. The number of rotatable bonds is 10. The van der Waals surface area contributed by atoms with Gasteiger partial charge in [-0.25, -0.2) is 13.4 Å². The van der Waals surface area contributed by atoms with Crippen molar-refractivity contribution in [3.8, 4) is 11.6 Å². The summed E-state index contributed by atoms with van der Waals surface area (Å²) in [7, 11) is 2.31. The number of hydrogen-bond donors (Lipinski definition) is 2. The Labute approximate surface area is 234 Å². The van der Waals surface area contributed by atoms with Gasteiger partial charge in [0.25, 0.3) is 5.88 Å². The van der Waals surface area contributed by atoms with Crippen molar-refractivity contribution in [2.75, 3.05) is 69.2 Å². The minimum absolute atomic E-state index is 0.0354. The first-order chi connectivity index (χ1) is 19.0. The summed E-state index contributed by atoms with van der Waals surface area (Å²) in [5.41, 5.74) is 1.79. The van der Waals surface area contributed by atoms with E-state index in [0.29, 0.717) is 29.6 Å². The van der Waals surface area contributed by atoms with Crippen molar-refractivity contribution >= 4 is 38.9 Å². The topological polar surface area (TPSA) is 129 Å². The Hall–Kier alpha value is -3.49. The Kier molecular flexibility index (Phi) is 9.11. The molecule has 0 spiro atoms. The van der Waals surface area contributed by atoms with Gasteiger partial charge in [-0.05, 0) is 45.5 Å². The van der Waals surface area contributed by atoms with Gasteiger partial charge in [-0.1, -0.05) is 6.58 Å². The SMILES string of the molecule is C=CC(=O)Nc1cc(Nc2ncc(F)c(O[C@@H]3CCN(S(C)(=O)=O)C3)n2)c(OC)cc1N1CCC(N(C)C)CC1. The van der Waals surface area contributed by atoms with Crippen LogP contribution in [0.2, 0.25) is 0 Å². The third-order valence-electron chi connectivity index (χ3n) is 7.11. The highest BCUT2D eigenvalue weighted by Gasteiger charge is 2.31. The van der Waals surface area contributed by atoms with Crippen LogP contribution in [0.4, 0.5) is 27.4 Å². The Balaban J connectivity index is 1.58. The van der Waals surface area contributed by atoms with E-state index >= 15 is 0 Å². The highest BCUT2D eigenvalue weighted by atomic mass is 32.2. The molecule has 1 atom stereocenters. The lowest BCUT2D eigenvalue weighted by molar-refractivity contribution is -0.111. The summed E-state index contributed by atoms with van der Waals surface area (Å²) < 4.78 is 50.8. The molecule has 2 saturated heterocycles. The van der Waals surface area contributed by atoms with Crippen LogP contribution in [0.1, 0.15) is 19.3 Å². The van der Waals surface area contributed by atoms with Crippen LogP contribution in [0.15, 0.2) is 31.0 Å². The number of sulfonamides is 1. The van der Waals surface area contributed by atoms with Gasteiger partial charge in [0.15, 0.2) is 0 Å². The van der Waals surface area contributed by atoms with Gasteiger partial charge in [0, 0.05) is 31.7 Å². The van der Waals surface area contributed by atoms with Crippen LogP contribution < -0.4 is 25.0 Å². The highest BCUT2D eigenvalue weighted by molar-refractivity contribution is 7.88. The Morgan fingerprint density at radius 3 is 2.52 bits per heavy atom. The van der Waals surface area contributed by atoms with Gasteiger partial charge in [0.2, 0.25) is 27.7 Å². The largest absolute Gasteiger partial charge is 0.494 e. The number of carbonyl (C=O) groups is 1. The number of carbonyl (C=O) groups excluding carboxylic acids is 1. The third kappa shape index (κ3) is 6.98. The minimum atomic E-state index is -3.37. The second-order valence-electron chi connectivity index (χ2n) is 10.1. The molecular formula is C26H36FN7O5S. The Morgan fingerprint density at radius 1 is 1.20 bits per heavy atom. The zero-order valence-electron chi connectivity index (χ0n) is 23.2. The number of amides is 1. The molecule has 2 N–H and O–H groups in total. The third-order valence-corrected chi connectivity index (χ3v) is 8.38. The molecule has 1 aromatic heterocycles. The van der Waals surface area contributed by atoms with Crippen LogP contribution in [0.3, 0.4) is 0 Å². The second-order valence-corrected chi connectivity index (χ2v) is 12.0. The van der Waals surface area contributed by atoms with Crippen LogP contribution >= 0.6 is 0 Å². The fourth-order valence-corrected chi connectivity index (χ4v) is 5.75. The number of benzene rings is 1. The van der Waals surface area contributed by atoms with Crippen LogP contribution in [0.5, 0.6) is 11.6 Å². The molecule has 12 nitrogen and oxygen atoms in total. The molecule has 3 heterocycles. The quantitative estimate of drug-likeness (QED) is 0.406. The lowest BCUT2D eigenvalue weighted by atomic mass is 10.0. The molecule has 2 aliphatic heterocycles. The van der Waals surface area contributed by atoms with Gasteiger partial charge >= 0.3 is 0 Å². The molecule has 0 saturated carbocycles. The van der Waals surface area contributed by atoms with Gasteiger partial charge in [0.1, 0.15) is 11.9 Å². The average Bonchev–Trinajstić information content (AvgIpc) is 3.40. The highest BCUT2D eigenvalue weighted by Crippen LogP contribution is 2.39. The molecule has 2 fully saturated rings. The van der Waals surface area contributed by atoms with Crippen LogP contribution in [0.25, 0.3) is 0 Å². The standard InChI is InChI=1S/C26H36FN7O5S/c1-6-24(35)29-20-13-21(23(38-4)14-22(20)33-10-7-17(8-11-33)32(2)3)30-26-28-15-19(27)25(31-26)39-18-9-12-34(16-18)40(5,36)37/h6,13-15,17-18H,1,7-12,16H2,2-5H3,(H,29,35)(H,28,30,31)/t18-/m1/s1. The first-order valence-corrected chi connectivity index (χ1v) is 14.8. The van der Waals surface area contributed by atoms with E-state index < -0.39 is 21.9 Å². The van der Waals surface area contributed by atoms with Crippen molar-refractivity contribution in [3.63, 3.8) is 0 Å². The van der Waals surface area contributed by atoms with Crippen LogP contribution in [-0.2, 0) is 14.8 Å². The molecule has 4 rings (SSSR count). The molecule has 0 radical (unpaired) electrons. The number of nitrogens with zero attached hydrogens (tertiary/aromatic N) is 5. The first-order valence-electron chi connectivity index (χ1n) is 13.0. The first kappa shape index (κ1) is 29.5. The number of hydrogen-bond acceptors (Lipinski definition) is 10. The van der Waals surface area contributed by atoms with Crippen molar-refractivity contribution in [3.05, 3.63) is 36.8 Å². The molecule has 0 unspecified atom stereocenters. The summed E-state index contributed by atoms with van der Waals surface area (Å²) >= 11 is 0. The normalized spacial score (nSPS) is 18.6. The molecule has 1 amide bonds. The summed E-state index contributed by atoms with van der Waals surface area (Å²) in [6.07, 6.45) is 5.10. The molecule has 40 heavy (non-hydrogen) atoms. The summed E-state index contributed by atoms with van der Waals surface area (Å²) in [4.78, 5) is 24.9. The van der Waals surface area contributed by atoms with Crippen molar-refractivity contribution in [1.29, 1.82) is 0 Å². The van der Waals surface area contributed by atoms with E-state index in [9.17, 15) is 17.6 Å². The molecule has 218 valence electrons. The number of halogens is 1. The number of aromatic nitrogens is 2. The minimum Gasteiger partial charge on any atom is -0.494 e. The van der Waals surface area contributed by atoms with Gasteiger partial charge in [-0.15, -0.1) is 0 Å². The van der Waals surface area contributed by atoms with Crippen LogP contribution in [-0.4, -0.2) is 99.3 Å². The van der Waals surface area contributed by atoms with Gasteiger partial charge in [-0.3, -0.25) is 4.79 Å². The van der Waals surface area contributed by atoms with E-state index in [1.165, 1.54) is 17.5 Å². The molecule has 0 bridgehead atoms. The fraction of sp³-hybridized carbons (Fsp3) is 0.500. The lowest BCUT2D eigenvalue weighted by Gasteiger charge is -2.37. The zero-order valence-corrected chi connectivity index (χ0v) is 24.0. The number of anilines is 4. The summed E-state index contributed by atoms with van der Waals surface area (Å²) in [5.74, 6) is -0.929. The van der Waals surface area contributed by atoms with E-state index in [4.69, 9.17) is 9.47 Å².